The first-order valence-corrected chi connectivity index (χ1v) is 17.9. The van der Waals surface area contributed by atoms with E-state index in [4.69, 9.17) is 11.5 Å². The average molecular weight is 773 g/mol. The Bertz CT molecular complexity index is 2700. The average Bonchev–Trinajstić information content (AvgIpc) is 3.09. The van der Waals surface area contributed by atoms with Crippen LogP contribution >= 0.6 is 0 Å². The second kappa shape index (κ2) is 13.5. The first-order chi connectivity index (χ1) is 25.3. The molecule has 0 fully saturated rings. The molecule has 0 spiro atoms. The number of anilines is 2. The molecule has 0 saturated carbocycles. The number of nitrogens with two attached hydrogens (primary N) is 2. The Morgan fingerprint density at radius 3 is 1.22 bits per heavy atom. The molecule has 6 rings (SSSR count). The number of hydrogen-bond acceptors (Lipinski definition) is 14. The van der Waals surface area contributed by atoms with Crippen LogP contribution < -0.4 is 11.5 Å². The van der Waals surface area contributed by atoms with E-state index < -0.39 is 76.0 Å². The molecule has 0 amide bonds. The van der Waals surface area contributed by atoms with Crippen molar-refractivity contribution < 1.29 is 56.0 Å². The predicted molar refractivity (Wildman–Crippen MR) is 194 cm³/mol. The van der Waals surface area contributed by atoms with Gasteiger partial charge in [0.15, 0.2) is 11.5 Å². The van der Waals surface area contributed by atoms with Crippen molar-refractivity contribution in [2.45, 2.75) is 9.79 Å². The Kier molecular flexibility index (Phi) is 9.21. The normalized spacial score (nSPS) is 12.3. The van der Waals surface area contributed by atoms with E-state index >= 15 is 0 Å². The monoisotopic (exact) mass is 772 g/mol. The summed E-state index contributed by atoms with van der Waals surface area (Å²) in [5, 5.41) is 57.4. The third kappa shape index (κ3) is 7.07. The van der Waals surface area contributed by atoms with Crippen LogP contribution in [-0.4, -0.2) is 58.3 Å². The van der Waals surface area contributed by atoms with Crippen molar-refractivity contribution in [3.63, 3.8) is 0 Å². The van der Waals surface area contributed by atoms with Crippen molar-refractivity contribution >= 4 is 87.8 Å². The molecule has 0 saturated heterocycles. The Balaban J connectivity index is 1.40. The summed E-state index contributed by atoms with van der Waals surface area (Å²) in [5.74, 6) is -4.41. The summed E-state index contributed by atoms with van der Waals surface area (Å²) in [5.41, 5.74) is 9.31. The van der Waals surface area contributed by atoms with Gasteiger partial charge in [0.1, 0.15) is 32.5 Å². The maximum Gasteiger partial charge on any atom is 0.337 e. The van der Waals surface area contributed by atoms with Crippen LogP contribution in [0.25, 0.3) is 32.7 Å². The molecule has 0 aliphatic rings. The van der Waals surface area contributed by atoms with Crippen molar-refractivity contribution in [1.29, 1.82) is 0 Å². The Hall–Kier alpha value is -7.00. The lowest BCUT2D eigenvalue weighted by Gasteiger charge is -2.10. The van der Waals surface area contributed by atoms with Gasteiger partial charge in [0, 0.05) is 22.1 Å². The highest BCUT2D eigenvalue weighted by Gasteiger charge is 2.24. The van der Waals surface area contributed by atoms with Gasteiger partial charge in [-0.15, -0.1) is 20.5 Å². The highest BCUT2D eigenvalue weighted by molar-refractivity contribution is 7.86. The summed E-state index contributed by atoms with van der Waals surface area (Å²) >= 11 is 0. The van der Waals surface area contributed by atoms with Gasteiger partial charge in [-0.2, -0.15) is 16.8 Å². The first kappa shape index (κ1) is 36.8. The molecule has 0 atom stereocenters. The van der Waals surface area contributed by atoms with Crippen LogP contribution in [0.15, 0.2) is 115 Å². The maximum atomic E-state index is 12.3. The van der Waals surface area contributed by atoms with Crippen molar-refractivity contribution in [3.8, 4) is 22.6 Å². The van der Waals surface area contributed by atoms with Gasteiger partial charge in [-0.05, 0) is 94.7 Å². The van der Waals surface area contributed by atoms with Crippen LogP contribution in [0.3, 0.4) is 0 Å². The fourth-order valence-corrected chi connectivity index (χ4v) is 6.80. The van der Waals surface area contributed by atoms with E-state index in [1.807, 2.05) is 0 Å². The van der Waals surface area contributed by atoms with E-state index in [0.29, 0.717) is 0 Å². The van der Waals surface area contributed by atoms with Crippen molar-refractivity contribution in [1.82, 2.24) is 0 Å². The standard InChI is InChI=1S/C34H24N6O12S2/c35-19-3-5-21-17(9-19)13-27(53(47,48)49)29(31(21)41)39-37-25-7-1-15(11-23(25)33(43)44)16-2-8-26(24(12-16)34(45)46)38-40-30-28(54(50,51)52)14-18-10-20(36)4-6-22(18)32(30)42/h1-14,41-42H,35-36H2,(H,43,44)(H,45,46)(H,47,48,49)(H,50,51,52). The molecular formula is C34H24N6O12S2. The highest BCUT2D eigenvalue weighted by Crippen LogP contribution is 2.44. The van der Waals surface area contributed by atoms with Crippen molar-refractivity contribution in [2.75, 3.05) is 11.5 Å². The summed E-state index contributed by atoms with van der Waals surface area (Å²) in [7, 11) is -9.96. The Morgan fingerprint density at radius 1 is 0.519 bits per heavy atom. The first-order valence-electron chi connectivity index (χ1n) is 15.0. The van der Waals surface area contributed by atoms with Crippen molar-refractivity contribution in [2.24, 2.45) is 20.5 Å². The topological polar surface area (TPSA) is 325 Å². The third-order valence-electron chi connectivity index (χ3n) is 8.01. The van der Waals surface area contributed by atoms with Gasteiger partial charge >= 0.3 is 11.9 Å². The molecule has 0 aliphatic heterocycles. The summed E-state index contributed by atoms with van der Waals surface area (Å²) in [4.78, 5) is 22.9. The molecule has 6 aromatic carbocycles. The van der Waals surface area contributed by atoms with E-state index in [1.54, 1.807) is 0 Å². The maximum absolute atomic E-state index is 12.3. The van der Waals surface area contributed by atoms with E-state index in [-0.39, 0.29) is 55.4 Å². The summed E-state index contributed by atoms with van der Waals surface area (Å²) < 4.78 is 68.4. The molecule has 0 bridgehead atoms. The smallest absolute Gasteiger partial charge is 0.337 e. The molecule has 18 nitrogen and oxygen atoms in total. The van der Waals surface area contributed by atoms with Gasteiger partial charge < -0.3 is 31.9 Å². The molecule has 274 valence electrons. The fraction of sp³-hybridized carbons (Fsp3) is 0. The number of azo groups is 2. The molecule has 20 heteroatoms. The number of aromatic carboxylic acids is 2. The molecule has 6 aromatic rings. The second-order valence-electron chi connectivity index (χ2n) is 11.5. The number of carboxylic acids is 2. The number of aromatic hydroxyl groups is 2. The molecule has 0 aromatic heterocycles. The zero-order valence-electron chi connectivity index (χ0n) is 27.0. The van der Waals surface area contributed by atoms with Crippen LogP contribution in [0.2, 0.25) is 0 Å². The van der Waals surface area contributed by atoms with Crippen molar-refractivity contribution in [3.05, 3.63) is 96.1 Å². The van der Waals surface area contributed by atoms with Crippen LogP contribution in [0.5, 0.6) is 11.5 Å². The number of hydrogen-bond donors (Lipinski definition) is 8. The van der Waals surface area contributed by atoms with E-state index in [0.717, 1.165) is 24.3 Å². The molecule has 0 aliphatic carbocycles. The number of phenolic OH excluding ortho intramolecular Hbond substituents is 2. The van der Waals surface area contributed by atoms with E-state index in [1.165, 1.54) is 60.7 Å². The summed E-state index contributed by atoms with van der Waals surface area (Å²) in [6.45, 7) is 0. The van der Waals surface area contributed by atoms with Gasteiger partial charge in [0.05, 0.1) is 11.1 Å². The minimum Gasteiger partial charge on any atom is -0.505 e. The molecule has 0 unspecified atom stereocenters. The fourth-order valence-electron chi connectivity index (χ4n) is 5.48. The minimum atomic E-state index is -4.98. The van der Waals surface area contributed by atoms with Gasteiger partial charge in [-0.1, -0.05) is 12.1 Å². The molecular weight excluding hydrogens is 749 g/mol. The van der Waals surface area contributed by atoms with Crippen LogP contribution in [0.4, 0.5) is 34.1 Å². The second-order valence-corrected chi connectivity index (χ2v) is 14.3. The summed E-state index contributed by atoms with van der Waals surface area (Å²) in [6.07, 6.45) is 0. The molecule has 10 N–H and O–H groups in total. The number of benzene rings is 6. The lowest BCUT2D eigenvalue weighted by atomic mass is 9.99. The lowest BCUT2D eigenvalue weighted by Crippen LogP contribution is -2.00. The van der Waals surface area contributed by atoms with Crippen LogP contribution in [0, 0.1) is 0 Å². The van der Waals surface area contributed by atoms with Gasteiger partial charge in [-0.25, -0.2) is 9.59 Å². The Morgan fingerprint density at radius 2 is 0.889 bits per heavy atom. The lowest BCUT2D eigenvalue weighted by molar-refractivity contribution is 0.0686. The van der Waals surface area contributed by atoms with Gasteiger partial charge in [-0.3, -0.25) is 9.11 Å². The minimum absolute atomic E-state index is 0.107. The third-order valence-corrected chi connectivity index (χ3v) is 9.74. The van der Waals surface area contributed by atoms with Gasteiger partial charge in [0.25, 0.3) is 20.2 Å². The predicted octanol–water partition coefficient (Wildman–Crippen LogP) is 6.96. The number of carboxylic acid groups (broad SMARTS) is 2. The Labute approximate surface area is 303 Å². The number of phenols is 2. The van der Waals surface area contributed by atoms with E-state index in [2.05, 4.69) is 20.5 Å². The highest BCUT2D eigenvalue weighted by atomic mass is 32.2. The van der Waals surface area contributed by atoms with Crippen LogP contribution in [-0.2, 0) is 20.2 Å². The number of carbonyl (C=O) groups is 2. The number of nitrogen functional groups attached to an aromatic ring is 2. The van der Waals surface area contributed by atoms with Crippen LogP contribution in [0.1, 0.15) is 20.7 Å². The quantitative estimate of drug-likeness (QED) is 0.0418. The molecule has 0 heterocycles. The number of fused-ring (bicyclic) bond motifs is 2. The summed E-state index contributed by atoms with van der Waals surface area (Å²) in [6, 6.07) is 17.6. The van der Waals surface area contributed by atoms with Gasteiger partial charge in [0.2, 0.25) is 0 Å². The zero-order chi connectivity index (χ0) is 39.3. The number of nitrogens with zero attached hydrogens (tertiary/aromatic N) is 4. The zero-order valence-corrected chi connectivity index (χ0v) is 28.6. The SMILES string of the molecule is Nc1ccc2c(O)c(N=Nc3ccc(-c4ccc(N=Nc5c(S(=O)(=O)O)cc6cc(N)ccc6c5O)c(C(=O)O)c4)cc3C(=O)O)c(S(=O)(=O)O)cc2c1. The molecule has 54 heavy (non-hydrogen) atoms. The molecule has 0 radical (unpaired) electrons. The number of rotatable bonds is 9. The largest absolute Gasteiger partial charge is 0.505 e. The van der Waals surface area contributed by atoms with E-state index in [9.17, 15) is 56.0 Å².